The normalized spacial score (nSPS) is 11.4. The fraction of sp³-hybridized carbons (Fsp3) is 0.316. The predicted octanol–water partition coefficient (Wildman–Crippen LogP) is 3.49. The lowest BCUT2D eigenvalue weighted by atomic mass is 10.2. The second kappa shape index (κ2) is 9.72. The van der Waals surface area contributed by atoms with Crippen molar-refractivity contribution in [3.05, 3.63) is 52.4 Å². The van der Waals surface area contributed by atoms with Crippen molar-refractivity contribution < 1.29 is 23.9 Å². The summed E-state index contributed by atoms with van der Waals surface area (Å²) in [5.41, 5.74) is 1.89. The molecule has 0 radical (unpaired) electrons. The first-order valence-electron chi connectivity index (χ1n) is 8.45. The van der Waals surface area contributed by atoms with Crippen LogP contribution < -0.4 is 10.6 Å². The molecule has 8 heteroatoms. The van der Waals surface area contributed by atoms with E-state index in [1.54, 1.807) is 19.2 Å². The number of aryl methyl sites for hydroxylation is 1. The first-order valence-corrected chi connectivity index (χ1v) is 9.33. The summed E-state index contributed by atoms with van der Waals surface area (Å²) >= 11 is 1.23. The number of alkyl carbamates (subject to hydrolysis) is 1. The summed E-state index contributed by atoms with van der Waals surface area (Å²) in [7, 11) is 0. The van der Waals surface area contributed by atoms with Gasteiger partial charge in [0.1, 0.15) is 17.6 Å². The number of hydrogen-bond donors (Lipinski definition) is 2. The van der Waals surface area contributed by atoms with Gasteiger partial charge in [-0.05, 0) is 37.3 Å². The Morgan fingerprint density at radius 2 is 1.85 bits per heavy atom. The standard InChI is InChI=1S/C19H22N2O5S/c1-4-25-18(23)15-12(2)11-27-17(15)21-16(22)13(3)20-19(24)26-10-14-8-6-5-7-9-14/h5-9,11,13H,4,10H2,1-3H3,(H,20,24)(H,21,22)/t13-/m0/s1. The highest BCUT2D eigenvalue weighted by molar-refractivity contribution is 7.15. The molecule has 0 saturated heterocycles. The molecule has 144 valence electrons. The van der Waals surface area contributed by atoms with Crippen LogP contribution >= 0.6 is 11.3 Å². The molecule has 2 rings (SSSR count). The third-order valence-corrected chi connectivity index (χ3v) is 4.64. The molecule has 2 amide bonds. The highest BCUT2D eigenvalue weighted by atomic mass is 32.1. The lowest BCUT2D eigenvalue weighted by Gasteiger charge is -2.14. The molecular formula is C19H22N2O5S. The zero-order valence-corrected chi connectivity index (χ0v) is 16.2. The first-order chi connectivity index (χ1) is 12.9. The van der Waals surface area contributed by atoms with Crippen molar-refractivity contribution in [1.82, 2.24) is 5.32 Å². The van der Waals surface area contributed by atoms with Crippen LogP contribution in [-0.4, -0.2) is 30.6 Å². The zero-order valence-electron chi connectivity index (χ0n) is 15.4. The summed E-state index contributed by atoms with van der Waals surface area (Å²) in [4.78, 5) is 36.2. The van der Waals surface area contributed by atoms with E-state index in [4.69, 9.17) is 9.47 Å². The number of carbonyl (C=O) groups excluding carboxylic acids is 3. The van der Waals surface area contributed by atoms with Crippen molar-refractivity contribution in [3.63, 3.8) is 0 Å². The van der Waals surface area contributed by atoms with E-state index in [1.165, 1.54) is 18.3 Å². The fourth-order valence-electron chi connectivity index (χ4n) is 2.22. The van der Waals surface area contributed by atoms with Gasteiger partial charge in [-0.15, -0.1) is 11.3 Å². The summed E-state index contributed by atoms with van der Waals surface area (Å²) in [5.74, 6) is -0.950. The van der Waals surface area contributed by atoms with E-state index in [0.29, 0.717) is 10.6 Å². The van der Waals surface area contributed by atoms with E-state index in [0.717, 1.165) is 11.1 Å². The van der Waals surface area contributed by atoms with E-state index in [-0.39, 0.29) is 13.2 Å². The zero-order chi connectivity index (χ0) is 19.8. The molecule has 0 fully saturated rings. The number of ether oxygens (including phenoxy) is 2. The topological polar surface area (TPSA) is 93.7 Å². The van der Waals surface area contributed by atoms with Gasteiger partial charge < -0.3 is 20.1 Å². The molecular weight excluding hydrogens is 368 g/mol. The van der Waals surface area contributed by atoms with Crippen molar-refractivity contribution in [2.45, 2.75) is 33.4 Å². The Morgan fingerprint density at radius 3 is 2.52 bits per heavy atom. The minimum absolute atomic E-state index is 0.109. The molecule has 0 saturated carbocycles. The van der Waals surface area contributed by atoms with Crippen molar-refractivity contribution in [1.29, 1.82) is 0 Å². The van der Waals surface area contributed by atoms with Crippen molar-refractivity contribution in [2.24, 2.45) is 0 Å². The van der Waals surface area contributed by atoms with Gasteiger partial charge in [-0.3, -0.25) is 4.79 Å². The quantitative estimate of drug-likeness (QED) is 0.706. The number of esters is 1. The molecule has 0 bridgehead atoms. The third kappa shape index (κ3) is 5.82. The number of anilines is 1. The van der Waals surface area contributed by atoms with Gasteiger partial charge in [0.05, 0.1) is 12.2 Å². The number of carbonyl (C=O) groups is 3. The minimum atomic E-state index is -0.842. The molecule has 0 aliphatic carbocycles. The first kappa shape index (κ1) is 20.4. The van der Waals surface area contributed by atoms with Crippen LogP contribution in [-0.2, 0) is 20.9 Å². The molecule has 1 aromatic carbocycles. The second-order valence-electron chi connectivity index (χ2n) is 5.76. The highest BCUT2D eigenvalue weighted by Crippen LogP contribution is 2.28. The second-order valence-corrected chi connectivity index (χ2v) is 6.64. The van der Waals surface area contributed by atoms with Gasteiger partial charge in [-0.25, -0.2) is 9.59 Å². The monoisotopic (exact) mass is 390 g/mol. The Kier molecular flexibility index (Phi) is 7.36. The Morgan fingerprint density at radius 1 is 1.15 bits per heavy atom. The highest BCUT2D eigenvalue weighted by Gasteiger charge is 2.22. The van der Waals surface area contributed by atoms with Crippen LogP contribution in [0.5, 0.6) is 0 Å². The van der Waals surface area contributed by atoms with E-state index in [2.05, 4.69) is 10.6 Å². The molecule has 0 spiro atoms. The van der Waals surface area contributed by atoms with Gasteiger partial charge in [0.2, 0.25) is 5.91 Å². The lowest BCUT2D eigenvalue weighted by Crippen LogP contribution is -2.41. The Balaban J connectivity index is 1.90. The largest absolute Gasteiger partial charge is 0.462 e. The third-order valence-electron chi connectivity index (χ3n) is 3.63. The maximum Gasteiger partial charge on any atom is 0.408 e. The van der Waals surface area contributed by atoms with Crippen molar-refractivity contribution in [2.75, 3.05) is 11.9 Å². The van der Waals surface area contributed by atoms with Crippen LogP contribution in [0.2, 0.25) is 0 Å². The lowest BCUT2D eigenvalue weighted by molar-refractivity contribution is -0.117. The van der Waals surface area contributed by atoms with Gasteiger partial charge in [0.15, 0.2) is 0 Å². The average Bonchev–Trinajstić information content (AvgIpc) is 3.01. The number of benzene rings is 1. The summed E-state index contributed by atoms with van der Waals surface area (Å²) in [6, 6.07) is 8.38. The molecule has 27 heavy (non-hydrogen) atoms. The number of rotatable bonds is 7. The van der Waals surface area contributed by atoms with Crippen LogP contribution in [0, 0.1) is 6.92 Å². The fourth-order valence-corrected chi connectivity index (χ4v) is 3.15. The number of hydrogen-bond acceptors (Lipinski definition) is 6. The van der Waals surface area contributed by atoms with Gasteiger partial charge in [-0.1, -0.05) is 30.3 Å². The maximum atomic E-state index is 12.3. The van der Waals surface area contributed by atoms with Crippen LogP contribution in [0.1, 0.15) is 35.3 Å². The van der Waals surface area contributed by atoms with Gasteiger partial charge in [-0.2, -0.15) is 0 Å². The molecule has 7 nitrogen and oxygen atoms in total. The van der Waals surface area contributed by atoms with Gasteiger partial charge >= 0.3 is 12.1 Å². The van der Waals surface area contributed by atoms with Crippen LogP contribution in [0.15, 0.2) is 35.7 Å². The van der Waals surface area contributed by atoms with Crippen molar-refractivity contribution in [3.8, 4) is 0 Å². The number of amides is 2. The van der Waals surface area contributed by atoms with Crippen LogP contribution in [0.4, 0.5) is 9.80 Å². The number of thiophene rings is 1. The molecule has 0 unspecified atom stereocenters. The van der Waals surface area contributed by atoms with E-state index in [9.17, 15) is 14.4 Å². The SMILES string of the molecule is CCOC(=O)c1c(C)csc1NC(=O)[C@H](C)NC(=O)OCc1ccccc1. The average molecular weight is 390 g/mol. The van der Waals surface area contributed by atoms with Gasteiger partial charge in [0.25, 0.3) is 0 Å². The Labute approximate surface area is 161 Å². The Bertz CT molecular complexity index is 804. The van der Waals surface area contributed by atoms with Crippen LogP contribution in [0.3, 0.4) is 0 Å². The molecule has 2 aromatic rings. The predicted molar refractivity (Wildman–Crippen MR) is 103 cm³/mol. The van der Waals surface area contributed by atoms with E-state index >= 15 is 0 Å². The summed E-state index contributed by atoms with van der Waals surface area (Å²) in [5, 5.41) is 7.27. The molecule has 0 aliphatic heterocycles. The van der Waals surface area contributed by atoms with Crippen molar-refractivity contribution >= 4 is 34.3 Å². The minimum Gasteiger partial charge on any atom is -0.462 e. The molecule has 0 aliphatic rings. The summed E-state index contributed by atoms with van der Waals surface area (Å²) < 4.78 is 10.1. The smallest absolute Gasteiger partial charge is 0.408 e. The van der Waals surface area contributed by atoms with E-state index in [1.807, 2.05) is 30.3 Å². The summed E-state index contributed by atoms with van der Waals surface area (Å²) in [6.07, 6.45) is -0.700. The molecule has 1 heterocycles. The van der Waals surface area contributed by atoms with E-state index < -0.39 is 24.0 Å². The Hall–Kier alpha value is -2.87. The molecule has 2 N–H and O–H groups in total. The number of nitrogens with one attached hydrogen (secondary N) is 2. The molecule has 1 atom stereocenters. The molecule has 1 aromatic heterocycles. The van der Waals surface area contributed by atoms with Gasteiger partial charge in [0, 0.05) is 0 Å². The van der Waals surface area contributed by atoms with Crippen LogP contribution in [0.25, 0.3) is 0 Å². The summed E-state index contributed by atoms with van der Waals surface area (Å²) in [6.45, 7) is 5.36. The maximum absolute atomic E-state index is 12.3.